The van der Waals surface area contributed by atoms with E-state index in [1.165, 1.54) is 24.4 Å². The molecule has 15 heavy (non-hydrogen) atoms. The Morgan fingerprint density at radius 2 is 2.07 bits per heavy atom. The van der Waals surface area contributed by atoms with E-state index in [-0.39, 0.29) is 15.4 Å². The molecule has 6 heteroatoms. The first-order chi connectivity index (χ1) is 6.98. The van der Waals surface area contributed by atoms with Crippen LogP contribution in [0.5, 0.6) is 0 Å². The molecule has 78 valence electrons. The summed E-state index contributed by atoms with van der Waals surface area (Å²) in [5.41, 5.74) is 0. The first-order valence-corrected chi connectivity index (χ1v) is 5.73. The number of pyridine rings is 1. The summed E-state index contributed by atoms with van der Waals surface area (Å²) in [5.74, 6) is 0. The van der Waals surface area contributed by atoms with Gasteiger partial charge in [-0.3, -0.25) is 0 Å². The second kappa shape index (κ2) is 3.43. The molecule has 1 heterocycles. The van der Waals surface area contributed by atoms with E-state index in [1.807, 2.05) is 0 Å². The van der Waals surface area contributed by atoms with Crippen molar-refractivity contribution in [1.29, 1.82) is 0 Å². The van der Waals surface area contributed by atoms with Crippen molar-refractivity contribution < 1.29 is 12.3 Å². The van der Waals surface area contributed by atoms with Gasteiger partial charge < -0.3 is 0 Å². The van der Waals surface area contributed by atoms with Crippen LogP contribution in [0.15, 0.2) is 35.4 Å². The van der Waals surface area contributed by atoms with E-state index in [0.29, 0.717) is 5.39 Å². The minimum absolute atomic E-state index is 0.124. The summed E-state index contributed by atoms with van der Waals surface area (Å²) in [7, 11) is -4.73. The lowest BCUT2D eigenvalue weighted by atomic mass is 10.2. The molecule has 2 rings (SSSR count). The quantitative estimate of drug-likeness (QED) is 0.573. The highest BCUT2D eigenvalue weighted by Gasteiger charge is 2.15. The molecule has 0 atom stereocenters. The number of fused-ring (bicyclic) bond motifs is 1. The Hall–Kier alpha value is -1.20. The second-order valence-electron chi connectivity index (χ2n) is 2.92. The Balaban J connectivity index is 2.92. The van der Waals surface area contributed by atoms with E-state index in [4.69, 9.17) is 11.6 Å². The van der Waals surface area contributed by atoms with Crippen LogP contribution in [0.4, 0.5) is 3.89 Å². The summed E-state index contributed by atoms with van der Waals surface area (Å²) >= 11 is 5.61. The number of halogens is 2. The van der Waals surface area contributed by atoms with E-state index in [1.54, 1.807) is 6.07 Å². The van der Waals surface area contributed by atoms with Crippen molar-refractivity contribution in [2.45, 2.75) is 4.90 Å². The molecule has 0 aliphatic heterocycles. The van der Waals surface area contributed by atoms with Crippen molar-refractivity contribution in [2.24, 2.45) is 0 Å². The van der Waals surface area contributed by atoms with Crippen molar-refractivity contribution in [3.05, 3.63) is 35.6 Å². The number of benzene rings is 1. The minimum Gasteiger partial charge on any atom is -0.244 e. The van der Waals surface area contributed by atoms with E-state index >= 15 is 0 Å². The summed E-state index contributed by atoms with van der Waals surface area (Å²) in [6, 6.07) is 5.59. The maximum atomic E-state index is 12.9. The highest BCUT2D eigenvalue weighted by atomic mass is 35.5. The Morgan fingerprint density at radius 3 is 2.73 bits per heavy atom. The molecule has 0 bridgehead atoms. The average Bonchev–Trinajstić information content (AvgIpc) is 2.15. The highest BCUT2D eigenvalue weighted by molar-refractivity contribution is 7.86. The summed E-state index contributed by atoms with van der Waals surface area (Å²) in [5, 5.41) is 0.886. The molecule has 0 fully saturated rings. The Labute approximate surface area is 90.7 Å². The van der Waals surface area contributed by atoms with Gasteiger partial charge in [0.15, 0.2) is 0 Å². The minimum atomic E-state index is -4.73. The maximum absolute atomic E-state index is 12.9. The third kappa shape index (κ3) is 1.93. The molecule has 1 aromatic carbocycles. The van der Waals surface area contributed by atoms with Crippen LogP contribution < -0.4 is 0 Å². The van der Waals surface area contributed by atoms with Gasteiger partial charge in [0.25, 0.3) is 0 Å². The van der Waals surface area contributed by atoms with Crippen molar-refractivity contribution in [2.75, 3.05) is 0 Å². The molecule has 0 unspecified atom stereocenters. The normalized spacial score (nSPS) is 11.9. The van der Waals surface area contributed by atoms with Gasteiger partial charge in [0.05, 0.1) is 0 Å². The standard InChI is InChI=1S/C9H5ClFNO2S/c10-9-4-7-6(5-12-9)2-1-3-8(7)15(11,13)14/h1-5H. The molecule has 0 aliphatic carbocycles. The lowest BCUT2D eigenvalue weighted by Crippen LogP contribution is -1.93. The summed E-state index contributed by atoms with van der Waals surface area (Å²) in [4.78, 5) is 3.39. The largest absolute Gasteiger partial charge is 0.332 e. The predicted molar refractivity (Wildman–Crippen MR) is 55.0 cm³/mol. The van der Waals surface area contributed by atoms with Gasteiger partial charge in [-0.25, -0.2) is 4.98 Å². The predicted octanol–water partition coefficient (Wildman–Crippen LogP) is 2.55. The third-order valence-electron chi connectivity index (χ3n) is 1.95. The van der Waals surface area contributed by atoms with Crippen LogP contribution in [-0.4, -0.2) is 13.4 Å². The highest BCUT2D eigenvalue weighted by Crippen LogP contribution is 2.25. The Morgan fingerprint density at radius 1 is 1.33 bits per heavy atom. The second-order valence-corrected chi connectivity index (χ2v) is 4.62. The van der Waals surface area contributed by atoms with Gasteiger partial charge in [0.2, 0.25) is 0 Å². The molecule has 1 aromatic heterocycles. The molecule has 0 radical (unpaired) electrons. The Kier molecular flexibility index (Phi) is 2.36. The van der Waals surface area contributed by atoms with Gasteiger partial charge in [-0.05, 0) is 12.1 Å². The number of hydrogen-bond donors (Lipinski definition) is 0. The van der Waals surface area contributed by atoms with Crippen LogP contribution in [0.1, 0.15) is 0 Å². The third-order valence-corrected chi connectivity index (χ3v) is 3.04. The van der Waals surface area contributed by atoms with Gasteiger partial charge in [-0.1, -0.05) is 23.7 Å². The molecule has 0 N–H and O–H groups in total. The number of aromatic nitrogens is 1. The average molecular weight is 246 g/mol. The molecule has 0 saturated carbocycles. The van der Waals surface area contributed by atoms with Gasteiger partial charge in [0.1, 0.15) is 10.0 Å². The van der Waals surface area contributed by atoms with Crippen LogP contribution in [0.2, 0.25) is 5.15 Å². The number of hydrogen-bond acceptors (Lipinski definition) is 3. The zero-order chi connectivity index (χ0) is 11.1. The van der Waals surface area contributed by atoms with E-state index in [9.17, 15) is 12.3 Å². The van der Waals surface area contributed by atoms with E-state index < -0.39 is 10.2 Å². The van der Waals surface area contributed by atoms with E-state index in [2.05, 4.69) is 4.98 Å². The number of rotatable bonds is 1. The van der Waals surface area contributed by atoms with Gasteiger partial charge in [-0.15, -0.1) is 3.89 Å². The molecule has 0 saturated heterocycles. The molecule has 3 nitrogen and oxygen atoms in total. The zero-order valence-corrected chi connectivity index (χ0v) is 8.89. The first kappa shape index (κ1) is 10.3. The van der Waals surface area contributed by atoms with Crippen molar-refractivity contribution >= 4 is 32.6 Å². The summed E-state index contributed by atoms with van der Waals surface area (Å²) in [6.07, 6.45) is 1.40. The monoisotopic (exact) mass is 245 g/mol. The van der Waals surface area contributed by atoms with E-state index in [0.717, 1.165) is 0 Å². The van der Waals surface area contributed by atoms with Crippen molar-refractivity contribution in [3.8, 4) is 0 Å². The maximum Gasteiger partial charge on any atom is 0.332 e. The van der Waals surface area contributed by atoms with Crippen LogP contribution in [0.25, 0.3) is 10.8 Å². The Bertz CT molecular complexity index is 627. The molecular weight excluding hydrogens is 241 g/mol. The summed E-state index contributed by atoms with van der Waals surface area (Å²) < 4.78 is 34.5. The molecule has 0 spiro atoms. The van der Waals surface area contributed by atoms with Crippen LogP contribution in [0.3, 0.4) is 0 Å². The summed E-state index contributed by atoms with van der Waals surface area (Å²) in [6.45, 7) is 0. The lowest BCUT2D eigenvalue weighted by molar-refractivity contribution is 0.553. The fraction of sp³-hybridized carbons (Fsp3) is 0. The fourth-order valence-electron chi connectivity index (χ4n) is 1.33. The molecule has 0 amide bonds. The van der Waals surface area contributed by atoms with Gasteiger partial charge in [0, 0.05) is 17.0 Å². The van der Waals surface area contributed by atoms with Gasteiger partial charge >= 0.3 is 10.2 Å². The smallest absolute Gasteiger partial charge is 0.244 e. The van der Waals surface area contributed by atoms with Gasteiger partial charge in [-0.2, -0.15) is 8.42 Å². The van der Waals surface area contributed by atoms with Crippen LogP contribution in [-0.2, 0) is 10.2 Å². The molecule has 2 aromatic rings. The topological polar surface area (TPSA) is 47.0 Å². The zero-order valence-electron chi connectivity index (χ0n) is 7.31. The SMILES string of the molecule is O=S(=O)(F)c1cccc2cnc(Cl)cc12. The fourth-order valence-corrected chi connectivity index (χ4v) is 2.17. The first-order valence-electron chi connectivity index (χ1n) is 3.97. The molecular formula is C9H5ClFNO2S. The van der Waals surface area contributed by atoms with Crippen molar-refractivity contribution in [3.63, 3.8) is 0 Å². The van der Waals surface area contributed by atoms with Crippen molar-refractivity contribution in [1.82, 2.24) is 4.98 Å². The van der Waals surface area contributed by atoms with Crippen LogP contribution >= 0.6 is 11.6 Å². The number of nitrogens with zero attached hydrogens (tertiary/aromatic N) is 1. The van der Waals surface area contributed by atoms with Crippen LogP contribution in [0, 0.1) is 0 Å². The lowest BCUT2D eigenvalue weighted by Gasteiger charge is -2.01. The molecule has 0 aliphatic rings.